The fraction of sp³-hybridized carbons (Fsp3) is 0.611. The number of nitrogens with two attached hydrogens (primary N) is 1. The normalized spacial score (nSPS) is 25.6. The number of nitrogens with zero attached hydrogens (tertiary/aromatic N) is 1. The topological polar surface area (TPSA) is 67.6 Å². The van der Waals surface area contributed by atoms with E-state index in [1.54, 1.807) is 0 Å². The standard InChI is InChI=1S/C18H27N3O2/c1-13(20-18(22)17-8-7-16(12-19)23-17)14-5-4-6-15(11-14)21-9-2-3-10-21/h4-6,11,13,16-17H,2-3,7-10,12,19H2,1H3,(H,20,22)/t13?,16-,17+/m1/s1. The monoisotopic (exact) mass is 317 g/mol. The van der Waals surface area contributed by atoms with E-state index in [0.717, 1.165) is 31.5 Å². The highest BCUT2D eigenvalue weighted by atomic mass is 16.5. The van der Waals surface area contributed by atoms with Gasteiger partial charge >= 0.3 is 0 Å². The highest BCUT2D eigenvalue weighted by molar-refractivity contribution is 5.81. The maximum Gasteiger partial charge on any atom is 0.249 e. The van der Waals surface area contributed by atoms with Crippen molar-refractivity contribution in [3.8, 4) is 0 Å². The summed E-state index contributed by atoms with van der Waals surface area (Å²) in [5.74, 6) is -0.0278. The van der Waals surface area contributed by atoms with E-state index in [9.17, 15) is 4.79 Å². The van der Waals surface area contributed by atoms with E-state index in [4.69, 9.17) is 10.5 Å². The van der Waals surface area contributed by atoms with Gasteiger partial charge in [-0.3, -0.25) is 4.79 Å². The third-order valence-electron chi connectivity index (χ3n) is 4.86. The zero-order valence-corrected chi connectivity index (χ0v) is 13.8. The minimum Gasteiger partial charge on any atom is -0.372 e. The van der Waals surface area contributed by atoms with Crippen molar-refractivity contribution in [2.75, 3.05) is 24.5 Å². The van der Waals surface area contributed by atoms with Crippen LogP contribution in [0.2, 0.25) is 0 Å². The van der Waals surface area contributed by atoms with E-state index in [1.165, 1.54) is 18.5 Å². The highest BCUT2D eigenvalue weighted by Crippen LogP contribution is 2.25. The van der Waals surface area contributed by atoms with Crippen LogP contribution in [0, 0.1) is 0 Å². The molecule has 1 aromatic carbocycles. The molecule has 2 fully saturated rings. The van der Waals surface area contributed by atoms with Gasteiger partial charge in [0.05, 0.1) is 12.1 Å². The minimum absolute atomic E-state index is 0.0226. The third kappa shape index (κ3) is 3.85. The number of nitrogens with one attached hydrogen (secondary N) is 1. The number of amides is 1. The molecule has 0 aromatic heterocycles. The van der Waals surface area contributed by atoms with E-state index >= 15 is 0 Å². The Hall–Kier alpha value is -1.59. The Morgan fingerprint density at radius 1 is 1.39 bits per heavy atom. The molecule has 2 heterocycles. The van der Waals surface area contributed by atoms with E-state index in [1.807, 2.05) is 6.92 Å². The van der Waals surface area contributed by atoms with E-state index in [0.29, 0.717) is 6.54 Å². The fourth-order valence-electron chi connectivity index (χ4n) is 3.43. The van der Waals surface area contributed by atoms with E-state index in [2.05, 4.69) is 34.5 Å². The van der Waals surface area contributed by atoms with Gasteiger partial charge in [0.25, 0.3) is 0 Å². The SMILES string of the molecule is CC(NC(=O)[C@@H]1CC[C@H](CN)O1)c1cccc(N2CCCC2)c1. The van der Waals surface area contributed by atoms with Gasteiger partial charge in [-0.05, 0) is 50.3 Å². The first-order chi connectivity index (χ1) is 11.2. The summed E-state index contributed by atoms with van der Waals surface area (Å²) in [6.45, 7) is 4.76. The van der Waals surface area contributed by atoms with Crippen LogP contribution in [0.15, 0.2) is 24.3 Å². The van der Waals surface area contributed by atoms with Crippen LogP contribution < -0.4 is 16.0 Å². The summed E-state index contributed by atoms with van der Waals surface area (Å²) >= 11 is 0. The largest absolute Gasteiger partial charge is 0.372 e. The Bertz CT molecular complexity index is 543. The molecule has 1 aromatic rings. The maximum absolute atomic E-state index is 12.3. The summed E-state index contributed by atoms with van der Waals surface area (Å²) < 4.78 is 5.67. The van der Waals surface area contributed by atoms with Gasteiger partial charge in [0.2, 0.25) is 5.91 Å². The number of hydrogen-bond donors (Lipinski definition) is 2. The smallest absolute Gasteiger partial charge is 0.249 e. The van der Waals surface area contributed by atoms with Crippen LogP contribution in [0.5, 0.6) is 0 Å². The predicted octanol–water partition coefficient (Wildman–Crippen LogP) is 1.97. The van der Waals surface area contributed by atoms with Crippen molar-refractivity contribution in [1.82, 2.24) is 5.32 Å². The van der Waals surface area contributed by atoms with Crippen molar-refractivity contribution >= 4 is 11.6 Å². The van der Waals surface area contributed by atoms with Crippen molar-refractivity contribution in [3.05, 3.63) is 29.8 Å². The second kappa shape index (κ2) is 7.32. The van der Waals surface area contributed by atoms with Gasteiger partial charge < -0.3 is 20.7 Å². The van der Waals surface area contributed by atoms with Gasteiger partial charge in [0.15, 0.2) is 0 Å². The molecular formula is C18H27N3O2. The highest BCUT2D eigenvalue weighted by Gasteiger charge is 2.30. The summed E-state index contributed by atoms with van der Waals surface area (Å²) in [5.41, 5.74) is 7.99. The molecule has 0 aliphatic carbocycles. The molecule has 5 heteroatoms. The Balaban J connectivity index is 1.60. The molecule has 0 bridgehead atoms. The lowest BCUT2D eigenvalue weighted by Crippen LogP contribution is -2.37. The summed E-state index contributed by atoms with van der Waals surface area (Å²) in [5, 5.41) is 3.08. The number of benzene rings is 1. The van der Waals surface area contributed by atoms with E-state index < -0.39 is 0 Å². The molecule has 1 unspecified atom stereocenters. The molecular weight excluding hydrogens is 290 g/mol. The molecule has 2 aliphatic rings. The summed E-state index contributed by atoms with van der Waals surface area (Å²) in [7, 11) is 0. The quantitative estimate of drug-likeness (QED) is 0.871. The van der Waals surface area contributed by atoms with Crippen molar-refractivity contribution in [2.24, 2.45) is 5.73 Å². The van der Waals surface area contributed by atoms with Crippen LogP contribution in [0.3, 0.4) is 0 Å². The van der Waals surface area contributed by atoms with Crippen molar-refractivity contribution < 1.29 is 9.53 Å². The Morgan fingerprint density at radius 2 is 2.17 bits per heavy atom. The molecule has 5 nitrogen and oxygen atoms in total. The van der Waals surface area contributed by atoms with Crippen LogP contribution in [0.25, 0.3) is 0 Å². The number of hydrogen-bond acceptors (Lipinski definition) is 4. The lowest BCUT2D eigenvalue weighted by molar-refractivity contribution is -0.132. The molecule has 0 saturated carbocycles. The lowest BCUT2D eigenvalue weighted by atomic mass is 10.1. The number of anilines is 1. The fourth-order valence-corrected chi connectivity index (χ4v) is 3.43. The van der Waals surface area contributed by atoms with Crippen molar-refractivity contribution in [3.63, 3.8) is 0 Å². The first-order valence-electron chi connectivity index (χ1n) is 8.68. The maximum atomic E-state index is 12.3. The second-order valence-electron chi connectivity index (χ2n) is 6.58. The molecule has 1 amide bonds. The predicted molar refractivity (Wildman–Crippen MR) is 91.4 cm³/mol. The first-order valence-corrected chi connectivity index (χ1v) is 8.68. The van der Waals surface area contributed by atoms with Crippen LogP contribution >= 0.6 is 0 Å². The van der Waals surface area contributed by atoms with Gasteiger partial charge in [0, 0.05) is 25.3 Å². The molecule has 126 valence electrons. The van der Waals surface area contributed by atoms with Crippen molar-refractivity contribution in [1.29, 1.82) is 0 Å². The van der Waals surface area contributed by atoms with Crippen LogP contribution in [-0.2, 0) is 9.53 Å². The van der Waals surface area contributed by atoms with Gasteiger partial charge in [-0.25, -0.2) is 0 Å². The Labute approximate surface area is 138 Å². The summed E-state index contributed by atoms with van der Waals surface area (Å²) in [4.78, 5) is 14.8. The molecule has 3 rings (SSSR count). The zero-order chi connectivity index (χ0) is 16.2. The summed E-state index contributed by atoms with van der Waals surface area (Å²) in [6.07, 6.45) is 3.82. The van der Waals surface area contributed by atoms with Gasteiger partial charge in [-0.1, -0.05) is 12.1 Å². The Kier molecular flexibility index (Phi) is 5.18. The molecule has 3 atom stereocenters. The molecule has 3 N–H and O–H groups in total. The van der Waals surface area contributed by atoms with Gasteiger partial charge in [-0.2, -0.15) is 0 Å². The van der Waals surface area contributed by atoms with Gasteiger partial charge in [0.1, 0.15) is 6.10 Å². The minimum atomic E-state index is -0.354. The Morgan fingerprint density at radius 3 is 2.87 bits per heavy atom. The number of carbonyl (C=O) groups excluding carboxylic acids is 1. The van der Waals surface area contributed by atoms with Crippen LogP contribution in [-0.4, -0.2) is 37.7 Å². The molecule has 23 heavy (non-hydrogen) atoms. The number of carbonyl (C=O) groups is 1. The van der Waals surface area contributed by atoms with Gasteiger partial charge in [-0.15, -0.1) is 0 Å². The zero-order valence-electron chi connectivity index (χ0n) is 13.8. The molecule has 2 aliphatic heterocycles. The molecule has 0 radical (unpaired) electrons. The number of rotatable bonds is 5. The average Bonchev–Trinajstić information content (AvgIpc) is 3.26. The summed E-state index contributed by atoms with van der Waals surface area (Å²) in [6, 6.07) is 8.46. The lowest BCUT2D eigenvalue weighted by Gasteiger charge is -2.21. The third-order valence-corrected chi connectivity index (χ3v) is 4.86. The van der Waals surface area contributed by atoms with Crippen molar-refractivity contribution in [2.45, 2.75) is 50.9 Å². The first kappa shape index (κ1) is 16.3. The molecule has 2 saturated heterocycles. The van der Waals surface area contributed by atoms with Crippen LogP contribution in [0.1, 0.15) is 44.2 Å². The molecule has 0 spiro atoms. The average molecular weight is 317 g/mol. The second-order valence-corrected chi connectivity index (χ2v) is 6.58. The number of ether oxygens (including phenoxy) is 1. The van der Waals surface area contributed by atoms with Crippen LogP contribution in [0.4, 0.5) is 5.69 Å². The van der Waals surface area contributed by atoms with E-state index in [-0.39, 0.29) is 24.2 Å².